The first-order chi connectivity index (χ1) is 21.6. The molecule has 0 saturated heterocycles. The van der Waals surface area contributed by atoms with Gasteiger partial charge in [-0.05, 0) is 12.8 Å². The predicted octanol–water partition coefficient (Wildman–Crippen LogP) is 3.85. The average molecular weight is 654 g/mol. The molecule has 0 radical (unpaired) electrons. The van der Waals surface area contributed by atoms with Crippen LogP contribution >= 0.6 is 0 Å². The lowest BCUT2D eigenvalue weighted by Crippen LogP contribution is -2.26. The van der Waals surface area contributed by atoms with Gasteiger partial charge in [0.1, 0.15) is 24.3 Å². The topological polar surface area (TPSA) is 336 Å². The van der Waals surface area contributed by atoms with Crippen molar-refractivity contribution < 1.29 is 48.6 Å². The van der Waals surface area contributed by atoms with Gasteiger partial charge in [-0.25, -0.2) is 9.59 Å². The number of hydrogen-bond donors (Lipinski definition) is 2. The molecule has 246 valence electrons. The van der Waals surface area contributed by atoms with Gasteiger partial charge in [-0.15, -0.1) is 0 Å². The molecule has 2 aromatic carbocycles. The van der Waals surface area contributed by atoms with Crippen molar-refractivity contribution in [3.8, 4) is 0 Å². The number of nitrogens with one attached hydrogen (secondary N) is 2. The first-order valence-corrected chi connectivity index (χ1v) is 12.6. The summed E-state index contributed by atoms with van der Waals surface area (Å²) < 4.78 is 9.60. The molecule has 2 N–H and O–H groups in total. The van der Waals surface area contributed by atoms with Crippen LogP contribution in [0, 0.1) is 60.7 Å². The highest BCUT2D eigenvalue weighted by Gasteiger charge is 2.32. The van der Waals surface area contributed by atoms with Gasteiger partial charge in [0, 0.05) is 13.1 Å². The Bertz CT molecular complexity index is 1390. The number of carbonyl (C=O) groups excluding carboxylic acids is 2. The molecule has 0 heterocycles. The van der Waals surface area contributed by atoms with Gasteiger partial charge >= 0.3 is 12.2 Å². The van der Waals surface area contributed by atoms with Crippen LogP contribution in [-0.2, 0) is 22.7 Å². The lowest BCUT2D eigenvalue weighted by Gasteiger charge is -2.09. The van der Waals surface area contributed by atoms with Crippen molar-refractivity contribution in [1.82, 2.24) is 10.6 Å². The lowest BCUT2D eigenvalue weighted by molar-refractivity contribution is -0.404. The number of rotatable bonds is 17. The van der Waals surface area contributed by atoms with Gasteiger partial charge in [-0.1, -0.05) is 12.8 Å². The molecule has 2 aromatic rings. The van der Waals surface area contributed by atoms with Crippen molar-refractivity contribution in [2.75, 3.05) is 13.1 Å². The average Bonchev–Trinajstić information content (AvgIpc) is 2.98. The number of nitrogens with zero attached hydrogens (tertiary/aromatic N) is 6. The summed E-state index contributed by atoms with van der Waals surface area (Å²) in [4.78, 5) is 84.4. The molecule has 0 aromatic heterocycles. The first-order valence-electron chi connectivity index (χ1n) is 12.6. The van der Waals surface area contributed by atoms with Crippen molar-refractivity contribution >= 4 is 46.3 Å². The predicted molar refractivity (Wildman–Crippen MR) is 148 cm³/mol. The molecule has 46 heavy (non-hydrogen) atoms. The van der Waals surface area contributed by atoms with Gasteiger partial charge in [0.05, 0.1) is 53.8 Å². The summed E-state index contributed by atoms with van der Waals surface area (Å²) >= 11 is 0. The van der Waals surface area contributed by atoms with E-state index in [2.05, 4.69) is 10.6 Å². The second-order valence-corrected chi connectivity index (χ2v) is 8.89. The Morgan fingerprint density at radius 3 is 1.02 bits per heavy atom. The van der Waals surface area contributed by atoms with Crippen molar-refractivity contribution in [3.63, 3.8) is 0 Å². The minimum atomic E-state index is -1.08. The van der Waals surface area contributed by atoms with Crippen molar-refractivity contribution in [2.24, 2.45) is 0 Å². The van der Waals surface area contributed by atoms with Crippen LogP contribution in [0.4, 0.5) is 43.7 Å². The molecular formula is C22H22N8O16. The second kappa shape index (κ2) is 16.3. The third kappa shape index (κ3) is 9.99. The van der Waals surface area contributed by atoms with Gasteiger partial charge in [0.25, 0.3) is 34.1 Å². The number of alkyl carbamates (subject to hydrolysis) is 2. The van der Waals surface area contributed by atoms with Crippen LogP contribution < -0.4 is 10.6 Å². The number of carbonyl (C=O) groups is 2. The maximum Gasteiger partial charge on any atom is 0.407 e. The van der Waals surface area contributed by atoms with Gasteiger partial charge in [0.2, 0.25) is 0 Å². The molecule has 0 fully saturated rings. The summed E-state index contributed by atoms with van der Waals surface area (Å²) in [5, 5.41) is 71.6. The molecule has 2 amide bonds. The number of unbranched alkanes of at least 4 members (excludes halogenated alkanes) is 3. The monoisotopic (exact) mass is 654 g/mol. The Balaban J connectivity index is 1.75. The fourth-order valence-corrected chi connectivity index (χ4v) is 3.77. The fourth-order valence-electron chi connectivity index (χ4n) is 3.77. The second-order valence-electron chi connectivity index (χ2n) is 8.89. The summed E-state index contributed by atoms with van der Waals surface area (Å²) in [6.07, 6.45) is -0.329. The molecule has 0 saturated carbocycles. The van der Waals surface area contributed by atoms with Crippen LogP contribution in [-0.4, -0.2) is 54.8 Å². The van der Waals surface area contributed by atoms with Crippen LogP contribution in [0.1, 0.15) is 36.8 Å². The molecule has 0 aliphatic heterocycles. The van der Waals surface area contributed by atoms with Crippen LogP contribution in [0.25, 0.3) is 0 Å². The minimum absolute atomic E-state index is 0.0611. The molecule has 24 heteroatoms. The number of ether oxygens (including phenoxy) is 2. The third-order valence-corrected chi connectivity index (χ3v) is 5.92. The van der Waals surface area contributed by atoms with E-state index in [9.17, 15) is 70.3 Å². The number of non-ortho nitro benzene ring substituents is 2. The van der Waals surface area contributed by atoms with E-state index in [-0.39, 0.29) is 13.1 Å². The molecule has 0 aliphatic carbocycles. The molecule has 2 rings (SSSR count). The van der Waals surface area contributed by atoms with Gasteiger partial charge in [-0.3, -0.25) is 60.7 Å². The maximum absolute atomic E-state index is 11.9. The first kappa shape index (κ1) is 35.6. The Morgan fingerprint density at radius 1 is 0.500 bits per heavy atom. The van der Waals surface area contributed by atoms with Crippen molar-refractivity contribution in [3.05, 3.63) is 96.1 Å². The van der Waals surface area contributed by atoms with Gasteiger partial charge < -0.3 is 20.1 Å². The van der Waals surface area contributed by atoms with E-state index < -0.39 is 100 Å². The van der Waals surface area contributed by atoms with Crippen LogP contribution in [0.5, 0.6) is 0 Å². The van der Waals surface area contributed by atoms with Crippen molar-refractivity contribution in [1.29, 1.82) is 0 Å². The highest BCUT2D eigenvalue weighted by Crippen LogP contribution is 2.35. The zero-order valence-electron chi connectivity index (χ0n) is 23.2. The van der Waals surface area contributed by atoms with Crippen LogP contribution in [0.15, 0.2) is 24.3 Å². The van der Waals surface area contributed by atoms with E-state index >= 15 is 0 Å². The van der Waals surface area contributed by atoms with E-state index in [4.69, 9.17) is 9.47 Å². The standard InChI is InChI=1S/C22H22N8O16/c31-21(45-11-15-17(27(37)38)7-13(25(33)34)8-18(15)28(39)40)23-5-3-1-2-4-6-24-22(32)46-12-16-19(29(41)42)9-14(26(35)36)10-20(16)30(43)44/h7-10H,1-6,11-12H2,(H,23,31)(H,24,32). The summed E-state index contributed by atoms with van der Waals surface area (Å²) in [6, 6.07) is 2.04. The Kier molecular flexibility index (Phi) is 12.6. The molecule has 24 nitrogen and oxygen atoms in total. The lowest BCUT2D eigenvalue weighted by atomic mass is 10.1. The molecule has 0 unspecified atom stereocenters. The van der Waals surface area contributed by atoms with E-state index in [0.717, 1.165) is 0 Å². The Morgan fingerprint density at radius 2 is 0.783 bits per heavy atom. The molecule has 0 bridgehead atoms. The van der Waals surface area contributed by atoms with E-state index in [1.165, 1.54) is 0 Å². The molecule has 0 atom stereocenters. The quantitative estimate of drug-likeness (QED) is 0.139. The number of nitro groups is 6. The van der Waals surface area contributed by atoms with Gasteiger partial charge in [0.15, 0.2) is 0 Å². The Labute approximate surface area is 254 Å². The highest BCUT2D eigenvalue weighted by molar-refractivity contribution is 5.69. The normalized spacial score (nSPS) is 10.3. The largest absolute Gasteiger partial charge is 0.444 e. The molecule has 0 aliphatic rings. The van der Waals surface area contributed by atoms with Gasteiger partial charge in [-0.2, -0.15) is 0 Å². The Hall–Kier alpha value is -6.62. The van der Waals surface area contributed by atoms with E-state index in [1.54, 1.807) is 0 Å². The zero-order valence-corrected chi connectivity index (χ0v) is 23.2. The number of benzene rings is 2. The maximum atomic E-state index is 11.9. The highest BCUT2D eigenvalue weighted by atomic mass is 16.7. The summed E-state index contributed by atoms with van der Waals surface area (Å²) in [5.74, 6) is 0. The van der Waals surface area contributed by atoms with Crippen molar-refractivity contribution in [2.45, 2.75) is 38.9 Å². The third-order valence-electron chi connectivity index (χ3n) is 5.92. The van der Waals surface area contributed by atoms with E-state index in [0.29, 0.717) is 49.9 Å². The number of nitro benzene ring substituents is 6. The summed E-state index contributed by atoms with van der Waals surface area (Å²) in [5.41, 5.74) is -6.96. The zero-order chi connectivity index (χ0) is 34.6. The SMILES string of the molecule is O=C(NCCCCCCNC(=O)OCc1c([N+](=O)[O-])cc([N+](=O)[O-])cc1[N+](=O)[O-])OCc1c([N+](=O)[O-])cc([N+](=O)[O-])cc1[N+](=O)[O-]. The fraction of sp³-hybridized carbons (Fsp3) is 0.364. The number of amides is 2. The smallest absolute Gasteiger partial charge is 0.407 e. The molecular weight excluding hydrogens is 632 g/mol. The summed E-state index contributed by atoms with van der Waals surface area (Å²) in [6.45, 7) is -1.71. The van der Waals surface area contributed by atoms with Crippen LogP contribution in [0.3, 0.4) is 0 Å². The van der Waals surface area contributed by atoms with Crippen LogP contribution in [0.2, 0.25) is 0 Å². The molecule has 0 spiro atoms. The minimum Gasteiger partial charge on any atom is -0.444 e. The van der Waals surface area contributed by atoms with E-state index in [1.807, 2.05) is 0 Å². The summed E-state index contributed by atoms with van der Waals surface area (Å²) in [7, 11) is 0. The number of hydrogen-bond acceptors (Lipinski definition) is 16.